The highest BCUT2D eigenvalue weighted by Crippen LogP contribution is 1.99. The lowest BCUT2D eigenvalue weighted by Gasteiger charge is -2.24. The summed E-state index contributed by atoms with van der Waals surface area (Å²) in [6, 6.07) is 0. The maximum absolute atomic E-state index is 5.21. The second kappa shape index (κ2) is 4.19. The molecule has 0 aliphatic carbocycles. The summed E-state index contributed by atoms with van der Waals surface area (Å²) in [5, 5.41) is 0. The number of ether oxygens (including phenoxy) is 1. The molecule has 11 heavy (non-hydrogen) atoms. The lowest BCUT2D eigenvalue weighted by Crippen LogP contribution is -2.31. The van der Waals surface area contributed by atoms with Crippen molar-refractivity contribution in [3.8, 4) is 0 Å². The van der Waals surface area contributed by atoms with E-state index in [1.807, 2.05) is 13.0 Å². The smallest absolute Gasteiger partial charge is 0.0642 e. The van der Waals surface area contributed by atoms with Gasteiger partial charge >= 0.3 is 0 Å². The number of allylic oxidation sites excluding steroid dienone is 2. The molecule has 0 aromatic rings. The van der Waals surface area contributed by atoms with Crippen LogP contribution in [0.5, 0.6) is 0 Å². The van der Waals surface area contributed by atoms with Crippen LogP contribution in [0.3, 0.4) is 0 Å². The predicted octanol–water partition coefficient (Wildman–Crippen LogP) is 1.41. The summed E-state index contributed by atoms with van der Waals surface area (Å²) in [6.45, 7) is 9.49. The van der Waals surface area contributed by atoms with Crippen molar-refractivity contribution in [2.45, 2.75) is 6.92 Å². The summed E-state index contributed by atoms with van der Waals surface area (Å²) in [5.41, 5.74) is 1.09. The van der Waals surface area contributed by atoms with Gasteiger partial charge in [-0.05, 0) is 19.2 Å². The predicted molar refractivity (Wildman–Crippen MR) is 46.3 cm³/mol. The number of morpholine rings is 1. The molecule has 0 bridgehead atoms. The Morgan fingerprint density at radius 2 is 2.09 bits per heavy atom. The first-order chi connectivity index (χ1) is 5.29. The fourth-order valence-corrected chi connectivity index (χ4v) is 0.959. The van der Waals surface area contributed by atoms with Gasteiger partial charge in [-0.1, -0.05) is 12.2 Å². The highest BCUT2D eigenvalue weighted by atomic mass is 16.5. The Labute approximate surface area is 68.1 Å². The Bertz CT molecular complexity index is 157. The van der Waals surface area contributed by atoms with Crippen LogP contribution in [-0.2, 0) is 4.74 Å². The van der Waals surface area contributed by atoms with Crippen LogP contribution in [-0.4, -0.2) is 31.2 Å². The highest BCUT2D eigenvalue weighted by Gasteiger charge is 2.04. The molecule has 0 N–H and O–H groups in total. The molecule has 0 aromatic carbocycles. The molecule has 1 aliphatic heterocycles. The van der Waals surface area contributed by atoms with Gasteiger partial charge < -0.3 is 9.64 Å². The average Bonchev–Trinajstić information content (AvgIpc) is 2.03. The van der Waals surface area contributed by atoms with Gasteiger partial charge in [0, 0.05) is 13.1 Å². The maximum Gasteiger partial charge on any atom is 0.0642 e. The van der Waals surface area contributed by atoms with Crippen LogP contribution in [0, 0.1) is 0 Å². The van der Waals surface area contributed by atoms with Gasteiger partial charge in [0.05, 0.1) is 13.2 Å². The first kappa shape index (κ1) is 8.34. The molecule has 0 radical (unpaired) electrons. The van der Waals surface area contributed by atoms with Crippen molar-refractivity contribution in [3.63, 3.8) is 0 Å². The zero-order valence-corrected chi connectivity index (χ0v) is 7.05. The van der Waals surface area contributed by atoms with Crippen molar-refractivity contribution in [2.24, 2.45) is 0 Å². The zero-order chi connectivity index (χ0) is 8.10. The molecular formula is C9H15NO. The fraction of sp³-hybridized carbons (Fsp3) is 0.556. The SMILES string of the molecule is C=C(C)C=CN1CCOCC1. The average molecular weight is 153 g/mol. The first-order valence-corrected chi connectivity index (χ1v) is 3.94. The van der Waals surface area contributed by atoms with E-state index in [2.05, 4.69) is 17.7 Å². The molecule has 0 saturated carbocycles. The summed E-state index contributed by atoms with van der Waals surface area (Å²) in [7, 11) is 0. The van der Waals surface area contributed by atoms with Gasteiger partial charge in [-0.2, -0.15) is 0 Å². The molecule has 1 saturated heterocycles. The van der Waals surface area contributed by atoms with Crippen LogP contribution < -0.4 is 0 Å². The summed E-state index contributed by atoms with van der Waals surface area (Å²) >= 11 is 0. The van der Waals surface area contributed by atoms with Crippen LogP contribution in [0.4, 0.5) is 0 Å². The summed E-state index contributed by atoms with van der Waals surface area (Å²) in [5.74, 6) is 0. The summed E-state index contributed by atoms with van der Waals surface area (Å²) in [6.07, 6.45) is 4.12. The Kier molecular flexibility index (Phi) is 3.17. The van der Waals surface area contributed by atoms with Gasteiger partial charge in [0.1, 0.15) is 0 Å². The van der Waals surface area contributed by atoms with Gasteiger partial charge in [-0.15, -0.1) is 0 Å². The molecule has 2 heteroatoms. The van der Waals surface area contributed by atoms with Crippen LogP contribution in [0.2, 0.25) is 0 Å². The van der Waals surface area contributed by atoms with E-state index in [-0.39, 0.29) is 0 Å². The number of rotatable bonds is 2. The Morgan fingerprint density at radius 1 is 1.45 bits per heavy atom. The van der Waals surface area contributed by atoms with E-state index >= 15 is 0 Å². The van der Waals surface area contributed by atoms with Crippen molar-refractivity contribution >= 4 is 0 Å². The largest absolute Gasteiger partial charge is 0.378 e. The topological polar surface area (TPSA) is 12.5 Å². The van der Waals surface area contributed by atoms with Crippen molar-refractivity contribution in [1.29, 1.82) is 0 Å². The zero-order valence-electron chi connectivity index (χ0n) is 7.05. The number of nitrogens with zero attached hydrogens (tertiary/aromatic N) is 1. The molecule has 1 fully saturated rings. The molecule has 1 heterocycles. The minimum absolute atomic E-state index is 0.848. The van der Waals surface area contributed by atoms with E-state index in [0.29, 0.717) is 0 Å². The fourth-order valence-electron chi connectivity index (χ4n) is 0.959. The Balaban J connectivity index is 2.29. The molecule has 1 aliphatic rings. The second-order valence-electron chi connectivity index (χ2n) is 2.81. The van der Waals surface area contributed by atoms with E-state index in [0.717, 1.165) is 31.9 Å². The molecular weight excluding hydrogens is 138 g/mol. The van der Waals surface area contributed by atoms with Crippen LogP contribution in [0.1, 0.15) is 6.92 Å². The van der Waals surface area contributed by atoms with Crippen LogP contribution in [0.15, 0.2) is 24.4 Å². The third-order valence-electron chi connectivity index (χ3n) is 1.62. The molecule has 1 rings (SSSR count). The lowest BCUT2D eigenvalue weighted by atomic mass is 10.3. The molecule has 2 nitrogen and oxygen atoms in total. The molecule has 0 unspecified atom stereocenters. The second-order valence-corrected chi connectivity index (χ2v) is 2.81. The Morgan fingerprint density at radius 3 is 2.64 bits per heavy atom. The standard InChI is InChI=1S/C9H15NO/c1-9(2)3-4-10-5-7-11-8-6-10/h3-4H,1,5-8H2,2H3. The van der Waals surface area contributed by atoms with Gasteiger partial charge in [-0.25, -0.2) is 0 Å². The molecule has 0 aromatic heterocycles. The first-order valence-electron chi connectivity index (χ1n) is 3.94. The van der Waals surface area contributed by atoms with E-state index in [4.69, 9.17) is 4.74 Å². The van der Waals surface area contributed by atoms with Crippen molar-refractivity contribution in [3.05, 3.63) is 24.4 Å². The van der Waals surface area contributed by atoms with E-state index in [1.165, 1.54) is 0 Å². The van der Waals surface area contributed by atoms with Gasteiger partial charge in [-0.3, -0.25) is 0 Å². The van der Waals surface area contributed by atoms with Gasteiger partial charge in [0.2, 0.25) is 0 Å². The third-order valence-corrected chi connectivity index (χ3v) is 1.62. The molecule has 0 spiro atoms. The quantitative estimate of drug-likeness (QED) is 0.556. The third kappa shape index (κ3) is 3.23. The van der Waals surface area contributed by atoms with Gasteiger partial charge in [0.15, 0.2) is 0 Å². The minimum atomic E-state index is 0.848. The number of hydrogen-bond acceptors (Lipinski definition) is 2. The van der Waals surface area contributed by atoms with Crippen molar-refractivity contribution in [2.75, 3.05) is 26.3 Å². The molecule has 0 atom stereocenters. The number of hydrogen-bond donors (Lipinski definition) is 0. The van der Waals surface area contributed by atoms with E-state index in [9.17, 15) is 0 Å². The molecule has 62 valence electrons. The summed E-state index contributed by atoms with van der Waals surface area (Å²) in [4.78, 5) is 2.25. The summed E-state index contributed by atoms with van der Waals surface area (Å²) < 4.78 is 5.21. The molecule has 0 amide bonds. The van der Waals surface area contributed by atoms with E-state index in [1.54, 1.807) is 0 Å². The van der Waals surface area contributed by atoms with Crippen LogP contribution >= 0.6 is 0 Å². The lowest BCUT2D eigenvalue weighted by molar-refractivity contribution is 0.0594. The monoisotopic (exact) mass is 153 g/mol. The normalized spacial score (nSPS) is 19.2. The Hall–Kier alpha value is -0.760. The van der Waals surface area contributed by atoms with Gasteiger partial charge in [0.25, 0.3) is 0 Å². The van der Waals surface area contributed by atoms with Crippen molar-refractivity contribution < 1.29 is 4.74 Å². The van der Waals surface area contributed by atoms with Crippen LogP contribution in [0.25, 0.3) is 0 Å². The maximum atomic E-state index is 5.21. The highest BCUT2D eigenvalue weighted by molar-refractivity contribution is 5.10. The minimum Gasteiger partial charge on any atom is -0.378 e. The van der Waals surface area contributed by atoms with Crippen molar-refractivity contribution in [1.82, 2.24) is 4.90 Å². The van der Waals surface area contributed by atoms with E-state index < -0.39 is 0 Å².